The molecule has 0 aliphatic rings. The minimum absolute atomic E-state index is 0.385. The lowest BCUT2D eigenvalue weighted by Crippen LogP contribution is -2.45. The summed E-state index contributed by atoms with van der Waals surface area (Å²) in [5.74, 6) is -0.405. The second-order valence-corrected chi connectivity index (χ2v) is 8.26. The van der Waals surface area contributed by atoms with E-state index in [1.54, 1.807) is 31.2 Å². The quantitative estimate of drug-likeness (QED) is 0.858. The highest BCUT2D eigenvalue weighted by molar-refractivity contribution is 7.92. The van der Waals surface area contributed by atoms with E-state index in [1.165, 1.54) is 0 Å². The molecule has 7 heteroatoms. The third kappa shape index (κ3) is 4.52. The number of carbonyl (C=O) groups is 1. The Labute approximate surface area is 153 Å². The lowest BCUT2D eigenvalue weighted by atomic mass is 10.1. The van der Waals surface area contributed by atoms with E-state index in [4.69, 9.17) is 11.6 Å². The number of nitrogens with zero attached hydrogens (tertiary/aromatic N) is 1. The lowest BCUT2D eigenvalue weighted by molar-refractivity contribution is -0.116. The average Bonchev–Trinajstić information content (AvgIpc) is 2.51. The zero-order valence-electron chi connectivity index (χ0n) is 14.6. The van der Waals surface area contributed by atoms with E-state index in [9.17, 15) is 13.2 Å². The van der Waals surface area contributed by atoms with Gasteiger partial charge < -0.3 is 5.32 Å². The van der Waals surface area contributed by atoms with Crippen molar-refractivity contribution >= 4 is 38.9 Å². The van der Waals surface area contributed by atoms with Crippen molar-refractivity contribution in [3.63, 3.8) is 0 Å². The summed E-state index contributed by atoms with van der Waals surface area (Å²) in [6, 6.07) is 11.1. The van der Waals surface area contributed by atoms with Gasteiger partial charge in [-0.25, -0.2) is 8.42 Å². The van der Waals surface area contributed by atoms with Gasteiger partial charge >= 0.3 is 0 Å². The molecule has 0 saturated heterocycles. The van der Waals surface area contributed by atoms with E-state index in [0.717, 1.165) is 21.7 Å². The zero-order chi connectivity index (χ0) is 18.8. The summed E-state index contributed by atoms with van der Waals surface area (Å²) in [5, 5.41) is 3.33. The molecule has 0 aromatic heterocycles. The fraction of sp³-hybridized carbons (Fsp3) is 0.278. The first-order valence-electron chi connectivity index (χ1n) is 7.73. The van der Waals surface area contributed by atoms with Gasteiger partial charge in [0.1, 0.15) is 6.04 Å². The highest BCUT2D eigenvalue weighted by Gasteiger charge is 2.29. The number of nitrogens with one attached hydrogen (secondary N) is 1. The molecule has 134 valence electrons. The molecule has 0 saturated carbocycles. The van der Waals surface area contributed by atoms with Gasteiger partial charge in [0.25, 0.3) is 0 Å². The van der Waals surface area contributed by atoms with Crippen molar-refractivity contribution in [3.05, 3.63) is 58.6 Å². The molecule has 0 radical (unpaired) electrons. The Morgan fingerprint density at radius 1 is 1.08 bits per heavy atom. The zero-order valence-corrected chi connectivity index (χ0v) is 16.1. The fourth-order valence-corrected chi connectivity index (χ4v) is 3.94. The Kier molecular flexibility index (Phi) is 5.75. The molecule has 0 aliphatic heterocycles. The number of sulfonamides is 1. The van der Waals surface area contributed by atoms with Crippen LogP contribution in [0.2, 0.25) is 5.02 Å². The van der Waals surface area contributed by atoms with Gasteiger partial charge in [-0.3, -0.25) is 9.10 Å². The number of para-hydroxylation sites is 1. The van der Waals surface area contributed by atoms with E-state index < -0.39 is 22.0 Å². The molecule has 5 nitrogen and oxygen atoms in total. The molecule has 0 bridgehead atoms. The number of hydrogen-bond acceptors (Lipinski definition) is 3. The number of amides is 1. The number of aryl methyl sites for hydroxylation is 2. The standard InChI is InChI=1S/C18H21ClN2O3S/c1-12-6-5-7-13(2)17(12)20-18(22)14(3)21(25(4,23)24)16-10-8-15(19)9-11-16/h5-11,14H,1-4H3,(H,20,22)/t14-/m1/s1. The first kappa shape index (κ1) is 19.3. The molecule has 25 heavy (non-hydrogen) atoms. The van der Waals surface area contributed by atoms with E-state index in [1.807, 2.05) is 32.0 Å². The predicted molar refractivity (Wildman–Crippen MR) is 103 cm³/mol. The molecular weight excluding hydrogens is 360 g/mol. The van der Waals surface area contributed by atoms with Crippen molar-refractivity contribution in [1.82, 2.24) is 0 Å². The van der Waals surface area contributed by atoms with Gasteiger partial charge in [-0.05, 0) is 56.2 Å². The molecule has 1 amide bonds. The maximum Gasteiger partial charge on any atom is 0.248 e. The second-order valence-electron chi connectivity index (χ2n) is 5.97. The molecule has 0 spiro atoms. The molecular formula is C18H21ClN2O3S. The van der Waals surface area contributed by atoms with Gasteiger partial charge in [0.05, 0.1) is 11.9 Å². The van der Waals surface area contributed by atoms with E-state index in [-0.39, 0.29) is 0 Å². The van der Waals surface area contributed by atoms with Crippen LogP contribution in [0.15, 0.2) is 42.5 Å². The Morgan fingerprint density at radius 3 is 2.08 bits per heavy atom. The number of halogens is 1. The molecule has 0 fully saturated rings. The van der Waals surface area contributed by atoms with Crippen LogP contribution in [0.1, 0.15) is 18.1 Å². The summed E-state index contributed by atoms with van der Waals surface area (Å²) >= 11 is 5.87. The third-order valence-electron chi connectivity index (χ3n) is 3.90. The Hall–Kier alpha value is -2.05. The van der Waals surface area contributed by atoms with Crippen LogP contribution < -0.4 is 9.62 Å². The van der Waals surface area contributed by atoms with Crippen molar-refractivity contribution < 1.29 is 13.2 Å². The number of hydrogen-bond donors (Lipinski definition) is 1. The van der Waals surface area contributed by atoms with Crippen molar-refractivity contribution in [2.45, 2.75) is 26.8 Å². The van der Waals surface area contributed by atoms with Crippen LogP contribution in [0.25, 0.3) is 0 Å². The van der Waals surface area contributed by atoms with Gasteiger partial charge in [0.15, 0.2) is 0 Å². The number of anilines is 2. The minimum Gasteiger partial charge on any atom is -0.324 e. The van der Waals surface area contributed by atoms with Gasteiger partial charge in [-0.1, -0.05) is 29.8 Å². The van der Waals surface area contributed by atoms with E-state index in [2.05, 4.69) is 5.32 Å². The van der Waals surface area contributed by atoms with Gasteiger partial charge in [-0.2, -0.15) is 0 Å². The molecule has 2 rings (SSSR count). The summed E-state index contributed by atoms with van der Waals surface area (Å²) < 4.78 is 25.6. The Balaban J connectivity index is 2.35. The van der Waals surface area contributed by atoms with Crippen LogP contribution in [0.3, 0.4) is 0 Å². The third-order valence-corrected chi connectivity index (χ3v) is 5.39. The monoisotopic (exact) mass is 380 g/mol. The fourth-order valence-electron chi connectivity index (χ4n) is 2.64. The van der Waals surface area contributed by atoms with Gasteiger partial charge in [0.2, 0.25) is 15.9 Å². The Morgan fingerprint density at radius 2 is 1.60 bits per heavy atom. The van der Waals surface area contributed by atoms with Crippen molar-refractivity contribution in [2.75, 3.05) is 15.9 Å². The maximum atomic E-state index is 12.7. The van der Waals surface area contributed by atoms with Crippen LogP contribution in [-0.2, 0) is 14.8 Å². The molecule has 2 aromatic carbocycles. The van der Waals surface area contributed by atoms with Crippen molar-refractivity contribution in [1.29, 1.82) is 0 Å². The first-order chi connectivity index (χ1) is 11.6. The van der Waals surface area contributed by atoms with Crippen LogP contribution in [0.4, 0.5) is 11.4 Å². The molecule has 1 N–H and O–H groups in total. The number of carbonyl (C=O) groups excluding carboxylic acids is 1. The Bertz CT molecular complexity index is 859. The molecule has 2 aromatic rings. The highest BCUT2D eigenvalue weighted by atomic mass is 35.5. The highest BCUT2D eigenvalue weighted by Crippen LogP contribution is 2.25. The summed E-state index contributed by atoms with van der Waals surface area (Å²) in [7, 11) is -3.66. The van der Waals surface area contributed by atoms with E-state index >= 15 is 0 Å². The normalized spacial score (nSPS) is 12.5. The molecule has 1 atom stereocenters. The van der Waals surface area contributed by atoms with Crippen LogP contribution >= 0.6 is 11.6 Å². The van der Waals surface area contributed by atoms with Crippen LogP contribution in [0, 0.1) is 13.8 Å². The smallest absolute Gasteiger partial charge is 0.248 e. The predicted octanol–water partition coefficient (Wildman–Crippen LogP) is 3.75. The summed E-state index contributed by atoms with van der Waals surface area (Å²) in [4.78, 5) is 12.7. The summed E-state index contributed by atoms with van der Waals surface area (Å²) in [5.41, 5.74) is 2.91. The van der Waals surface area contributed by atoms with Crippen LogP contribution in [-0.4, -0.2) is 26.6 Å². The van der Waals surface area contributed by atoms with Crippen LogP contribution in [0.5, 0.6) is 0 Å². The maximum absolute atomic E-state index is 12.7. The van der Waals surface area contributed by atoms with Crippen molar-refractivity contribution in [2.24, 2.45) is 0 Å². The van der Waals surface area contributed by atoms with E-state index in [0.29, 0.717) is 16.4 Å². The van der Waals surface area contributed by atoms with Crippen molar-refractivity contribution in [3.8, 4) is 0 Å². The summed E-state index contributed by atoms with van der Waals surface area (Å²) in [6.07, 6.45) is 1.07. The SMILES string of the molecule is Cc1cccc(C)c1NC(=O)[C@@H](C)N(c1ccc(Cl)cc1)S(C)(=O)=O. The summed E-state index contributed by atoms with van der Waals surface area (Å²) in [6.45, 7) is 5.33. The molecule has 0 unspecified atom stereocenters. The largest absolute Gasteiger partial charge is 0.324 e. The second kappa shape index (κ2) is 7.45. The van der Waals surface area contributed by atoms with Gasteiger partial charge in [0, 0.05) is 10.7 Å². The first-order valence-corrected chi connectivity index (χ1v) is 9.96. The number of benzene rings is 2. The number of rotatable bonds is 5. The lowest BCUT2D eigenvalue weighted by Gasteiger charge is -2.28. The molecule has 0 heterocycles. The minimum atomic E-state index is -3.66. The average molecular weight is 381 g/mol. The molecule has 0 aliphatic carbocycles. The topological polar surface area (TPSA) is 66.5 Å². The van der Waals surface area contributed by atoms with Gasteiger partial charge in [-0.15, -0.1) is 0 Å².